The lowest BCUT2D eigenvalue weighted by atomic mass is 10.0. The summed E-state index contributed by atoms with van der Waals surface area (Å²) < 4.78 is 7.14. The Morgan fingerprint density at radius 3 is 3.05 bits per heavy atom. The lowest BCUT2D eigenvalue weighted by Gasteiger charge is -2.33. The molecule has 1 aliphatic heterocycles. The molecule has 118 valence electrons. The van der Waals surface area contributed by atoms with Gasteiger partial charge in [0.15, 0.2) is 0 Å². The molecule has 1 aromatic heterocycles. The lowest BCUT2D eigenvalue weighted by molar-refractivity contribution is 0.175. The van der Waals surface area contributed by atoms with Crippen molar-refractivity contribution in [1.29, 1.82) is 0 Å². The number of piperidine rings is 1. The number of likely N-dealkylation sites (tertiary alicyclic amines) is 1. The van der Waals surface area contributed by atoms with Crippen LogP contribution in [0.5, 0.6) is 5.75 Å². The Hall–Kier alpha value is -1.88. The van der Waals surface area contributed by atoms with E-state index in [0.717, 1.165) is 38.9 Å². The van der Waals surface area contributed by atoms with Crippen LogP contribution in [-0.4, -0.2) is 41.2 Å². The van der Waals surface area contributed by atoms with Gasteiger partial charge in [-0.3, -0.25) is 9.36 Å². The van der Waals surface area contributed by atoms with Crippen molar-refractivity contribution in [1.82, 2.24) is 14.5 Å². The maximum Gasteiger partial charge on any atom is 0.265 e. The molecule has 5 nitrogen and oxygen atoms in total. The van der Waals surface area contributed by atoms with Crippen LogP contribution in [0, 0.1) is 0 Å². The van der Waals surface area contributed by atoms with Gasteiger partial charge in [0.1, 0.15) is 11.1 Å². The Morgan fingerprint density at radius 1 is 1.41 bits per heavy atom. The number of methoxy groups -OCH3 is 1. The minimum Gasteiger partial charge on any atom is -0.496 e. The van der Waals surface area contributed by atoms with Gasteiger partial charge in [0.25, 0.3) is 5.56 Å². The number of rotatable bonds is 4. The summed E-state index contributed by atoms with van der Waals surface area (Å²) in [6.07, 6.45) is 5.00. The average molecular weight is 301 g/mol. The quantitative estimate of drug-likeness (QED) is 0.870. The third kappa shape index (κ3) is 2.73. The van der Waals surface area contributed by atoms with Crippen LogP contribution >= 0.6 is 0 Å². The first-order chi connectivity index (χ1) is 10.7. The molecule has 5 heteroatoms. The molecule has 1 fully saturated rings. The molecule has 1 aliphatic rings. The number of nitrogens with zero attached hydrogens (tertiary/aromatic N) is 3. The molecule has 0 aliphatic carbocycles. The zero-order valence-corrected chi connectivity index (χ0v) is 13.3. The van der Waals surface area contributed by atoms with Crippen molar-refractivity contribution >= 4 is 10.9 Å². The standard InChI is InChI=1S/C17H23N3O2/c1-3-9-19-10-5-6-13(11-19)20-12-18-14-7-4-8-15(22-2)16(14)17(20)21/h4,7-8,12-13H,3,5-6,9-11H2,1-2H3/t13-/m1/s1. The summed E-state index contributed by atoms with van der Waals surface area (Å²) in [6.45, 7) is 5.34. The molecule has 1 aromatic carbocycles. The molecule has 0 radical (unpaired) electrons. The zero-order chi connectivity index (χ0) is 15.5. The van der Waals surface area contributed by atoms with Crippen molar-refractivity contribution in [3.63, 3.8) is 0 Å². The summed E-state index contributed by atoms with van der Waals surface area (Å²) in [5.41, 5.74) is 0.702. The summed E-state index contributed by atoms with van der Waals surface area (Å²) in [6, 6.07) is 5.74. The Balaban J connectivity index is 2.01. The highest BCUT2D eigenvalue weighted by Gasteiger charge is 2.22. The van der Waals surface area contributed by atoms with E-state index in [1.165, 1.54) is 0 Å². The second-order valence-electron chi connectivity index (χ2n) is 5.91. The summed E-state index contributed by atoms with van der Waals surface area (Å²) in [5, 5.41) is 0.583. The van der Waals surface area contributed by atoms with Gasteiger partial charge in [-0.15, -0.1) is 0 Å². The highest BCUT2D eigenvalue weighted by molar-refractivity contribution is 5.83. The van der Waals surface area contributed by atoms with Crippen LogP contribution in [-0.2, 0) is 0 Å². The van der Waals surface area contributed by atoms with Gasteiger partial charge >= 0.3 is 0 Å². The number of hydrogen-bond donors (Lipinski definition) is 0. The number of fused-ring (bicyclic) bond motifs is 1. The molecule has 0 N–H and O–H groups in total. The first-order valence-corrected chi connectivity index (χ1v) is 8.00. The maximum atomic E-state index is 12.9. The van der Waals surface area contributed by atoms with Crippen LogP contribution in [0.4, 0.5) is 0 Å². The maximum absolute atomic E-state index is 12.9. The SMILES string of the molecule is CCCN1CCC[C@@H](n2cnc3cccc(OC)c3c2=O)C1. The van der Waals surface area contributed by atoms with Crippen LogP contribution < -0.4 is 10.3 Å². The normalized spacial score (nSPS) is 19.5. The van der Waals surface area contributed by atoms with Gasteiger partial charge in [0.2, 0.25) is 0 Å². The molecule has 22 heavy (non-hydrogen) atoms. The molecule has 0 bridgehead atoms. The molecule has 0 saturated carbocycles. The van der Waals surface area contributed by atoms with Crippen molar-refractivity contribution in [3.05, 3.63) is 34.9 Å². The van der Waals surface area contributed by atoms with E-state index in [9.17, 15) is 4.79 Å². The number of hydrogen-bond acceptors (Lipinski definition) is 4. The molecule has 2 aromatic rings. The first kappa shape index (κ1) is 15.0. The predicted octanol–water partition coefficient (Wildman–Crippen LogP) is 2.45. The fourth-order valence-electron chi connectivity index (χ4n) is 3.36. The van der Waals surface area contributed by atoms with Crippen molar-refractivity contribution in [2.24, 2.45) is 0 Å². The Morgan fingerprint density at radius 2 is 2.27 bits per heavy atom. The zero-order valence-electron chi connectivity index (χ0n) is 13.3. The van der Waals surface area contributed by atoms with Crippen molar-refractivity contribution in [2.45, 2.75) is 32.2 Å². The summed E-state index contributed by atoms with van der Waals surface area (Å²) >= 11 is 0. The highest BCUT2D eigenvalue weighted by Crippen LogP contribution is 2.23. The Bertz CT molecular complexity index is 709. The van der Waals surface area contributed by atoms with Crippen molar-refractivity contribution in [3.8, 4) is 5.75 Å². The number of benzene rings is 1. The van der Waals surface area contributed by atoms with E-state index < -0.39 is 0 Å². The summed E-state index contributed by atoms with van der Waals surface area (Å²) in [5.74, 6) is 0.602. The third-order valence-electron chi connectivity index (χ3n) is 4.41. The Kier molecular flexibility index (Phi) is 4.43. The second-order valence-corrected chi connectivity index (χ2v) is 5.91. The van der Waals surface area contributed by atoms with Crippen LogP contribution in [0.15, 0.2) is 29.3 Å². The molecule has 1 atom stereocenters. The first-order valence-electron chi connectivity index (χ1n) is 8.00. The number of aromatic nitrogens is 2. The van der Waals surface area contributed by atoms with E-state index in [1.807, 2.05) is 18.2 Å². The molecule has 2 heterocycles. The van der Waals surface area contributed by atoms with E-state index in [1.54, 1.807) is 18.0 Å². The summed E-state index contributed by atoms with van der Waals surface area (Å²) in [7, 11) is 1.59. The Labute approximate surface area is 130 Å². The topological polar surface area (TPSA) is 47.4 Å². The fourth-order valence-corrected chi connectivity index (χ4v) is 3.36. The van der Waals surface area contributed by atoms with Crippen LogP contribution in [0.1, 0.15) is 32.2 Å². The van der Waals surface area contributed by atoms with Crippen LogP contribution in [0.25, 0.3) is 10.9 Å². The van der Waals surface area contributed by atoms with E-state index in [0.29, 0.717) is 16.7 Å². The molecule has 0 unspecified atom stereocenters. The smallest absolute Gasteiger partial charge is 0.265 e. The third-order valence-corrected chi connectivity index (χ3v) is 4.41. The predicted molar refractivity (Wildman–Crippen MR) is 87.6 cm³/mol. The van der Waals surface area contributed by atoms with Gasteiger partial charge in [-0.05, 0) is 44.5 Å². The van der Waals surface area contributed by atoms with Gasteiger partial charge in [-0.1, -0.05) is 13.0 Å². The minimum atomic E-state index is 0.00537. The van der Waals surface area contributed by atoms with Gasteiger partial charge in [0.05, 0.1) is 25.0 Å². The monoisotopic (exact) mass is 301 g/mol. The average Bonchev–Trinajstić information content (AvgIpc) is 2.55. The number of ether oxygens (including phenoxy) is 1. The fraction of sp³-hybridized carbons (Fsp3) is 0.529. The highest BCUT2D eigenvalue weighted by atomic mass is 16.5. The lowest BCUT2D eigenvalue weighted by Crippen LogP contribution is -2.40. The van der Waals surface area contributed by atoms with Crippen molar-refractivity contribution in [2.75, 3.05) is 26.7 Å². The minimum absolute atomic E-state index is 0.00537. The van der Waals surface area contributed by atoms with E-state index in [2.05, 4.69) is 16.8 Å². The van der Waals surface area contributed by atoms with Gasteiger partial charge in [0, 0.05) is 6.54 Å². The van der Waals surface area contributed by atoms with Crippen molar-refractivity contribution < 1.29 is 4.74 Å². The van der Waals surface area contributed by atoms with E-state index in [-0.39, 0.29) is 11.6 Å². The second kappa shape index (κ2) is 6.48. The van der Waals surface area contributed by atoms with Gasteiger partial charge in [-0.2, -0.15) is 0 Å². The van der Waals surface area contributed by atoms with E-state index >= 15 is 0 Å². The van der Waals surface area contributed by atoms with Gasteiger partial charge in [-0.25, -0.2) is 4.98 Å². The van der Waals surface area contributed by atoms with Crippen LogP contribution in [0.2, 0.25) is 0 Å². The molecule has 0 spiro atoms. The van der Waals surface area contributed by atoms with E-state index in [4.69, 9.17) is 4.74 Å². The summed E-state index contributed by atoms with van der Waals surface area (Å²) in [4.78, 5) is 19.8. The van der Waals surface area contributed by atoms with Crippen LogP contribution in [0.3, 0.4) is 0 Å². The largest absolute Gasteiger partial charge is 0.496 e. The molecule has 1 saturated heterocycles. The molecular weight excluding hydrogens is 278 g/mol. The molecule has 0 amide bonds. The molecule has 3 rings (SSSR count). The molecular formula is C17H23N3O2. The van der Waals surface area contributed by atoms with Gasteiger partial charge < -0.3 is 9.64 Å².